The topological polar surface area (TPSA) is 76.0 Å². The molecule has 0 radical (unpaired) electrons. The molecule has 23 heavy (non-hydrogen) atoms. The van der Waals surface area contributed by atoms with E-state index >= 15 is 0 Å². The number of carbonyl (C=O) groups is 2. The molecule has 2 N–H and O–H groups in total. The number of aromatic nitrogens is 2. The molecule has 1 atom stereocenters. The Morgan fingerprint density at radius 3 is 2.96 bits per heavy atom. The average molecular weight is 312 g/mol. The van der Waals surface area contributed by atoms with E-state index in [1.807, 2.05) is 36.5 Å². The van der Waals surface area contributed by atoms with E-state index in [1.165, 1.54) is 0 Å². The maximum Gasteiger partial charge on any atom is 0.242 e. The third-order valence-corrected chi connectivity index (χ3v) is 3.89. The van der Waals surface area contributed by atoms with Crippen molar-refractivity contribution >= 4 is 11.8 Å². The molecule has 0 saturated carbocycles. The fourth-order valence-corrected chi connectivity index (χ4v) is 2.68. The number of nitrogens with zero attached hydrogens (tertiary/aromatic N) is 2. The van der Waals surface area contributed by atoms with Crippen LogP contribution in [-0.2, 0) is 16.0 Å². The van der Waals surface area contributed by atoms with E-state index in [2.05, 4.69) is 15.7 Å². The van der Waals surface area contributed by atoms with E-state index in [0.29, 0.717) is 13.0 Å². The second-order valence-corrected chi connectivity index (χ2v) is 5.71. The van der Waals surface area contributed by atoms with Crippen molar-refractivity contribution in [2.45, 2.75) is 31.7 Å². The van der Waals surface area contributed by atoms with Gasteiger partial charge in [-0.3, -0.25) is 9.59 Å². The number of hydrogen-bond acceptors (Lipinski definition) is 3. The van der Waals surface area contributed by atoms with Crippen molar-refractivity contribution in [1.82, 2.24) is 20.4 Å². The highest BCUT2D eigenvalue weighted by molar-refractivity contribution is 5.88. The second kappa shape index (κ2) is 7.09. The largest absolute Gasteiger partial charge is 0.354 e. The minimum atomic E-state index is -0.422. The van der Waals surface area contributed by atoms with Gasteiger partial charge in [0.05, 0.1) is 18.3 Å². The van der Waals surface area contributed by atoms with E-state index < -0.39 is 6.04 Å². The molecule has 1 aliphatic heterocycles. The Morgan fingerprint density at radius 2 is 2.13 bits per heavy atom. The smallest absolute Gasteiger partial charge is 0.242 e. The highest BCUT2D eigenvalue weighted by Crippen LogP contribution is 2.09. The summed E-state index contributed by atoms with van der Waals surface area (Å²) in [6, 6.07) is 9.30. The summed E-state index contributed by atoms with van der Waals surface area (Å²) in [7, 11) is 0. The first kappa shape index (κ1) is 15.3. The summed E-state index contributed by atoms with van der Waals surface area (Å²) in [5.74, 6) is -0.240. The van der Waals surface area contributed by atoms with E-state index in [1.54, 1.807) is 10.9 Å². The summed E-state index contributed by atoms with van der Waals surface area (Å²) in [6.07, 6.45) is 6.33. The standard InChI is InChI=1S/C17H20N4O2/c22-16(20-15-8-4-5-9-18-17(15)23)10-13-11-19-21(12-13)14-6-2-1-3-7-14/h1-3,6-7,11-12,15H,4-5,8-10H2,(H,18,23)(H,20,22). The zero-order chi connectivity index (χ0) is 16.1. The van der Waals surface area contributed by atoms with Crippen molar-refractivity contribution in [2.24, 2.45) is 0 Å². The van der Waals surface area contributed by atoms with Gasteiger partial charge in [0.15, 0.2) is 0 Å². The van der Waals surface area contributed by atoms with Crippen molar-refractivity contribution < 1.29 is 9.59 Å². The van der Waals surface area contributed by atoms with E-state index in [9.17, 15) is 9.59 Å². The molecule has 6 heteroatoms. The molecule has 0 bridgehead atoms. The molecule has 6 nitrogen and oxygen atoms in total. The van der Waals surface area contributed by atoms with E-state index in [0.717, 1.165) is 24.1 Å². The molecule has 3 rings (SSSR count). The average Bonchev–Trinajstić information content (AvgIpc) is 2.93. The zero-order valence-electron chi connectivity index (χ0n) is 12.9. The van der Waals surface area contributed by atoms with Crippen LogP contribution in [0.4, 0.5) is 0 Å². The third-order valence-electron chi connectivity index (χ3n) is 3.89. The number of rotatable bonds is 4. The van der Waals surface area contributed by atoms with Crippen LogP contribution < -0.4 is 10.6 Å². The molecule has 0 spiro atoms. The maximum atomic E-state index is 12.2. The van der Waals surface area contributed by atoms with Gasteiger partial charge in [-0.25, -0.2) is 4.68 Å². The summed E-state index contributed by atoms with van der Waals surface area (Å²) in [5.41, 5.74) is 1.77. The maximum absolute atomic E-state index is 12.2. The van der Waals surface area contributed by atoms with Gasteiger partial charge in [0, 0.05) is 12.7 Å². The number of carbonyl (C=O) groups excluding carboxylic acids is 2. The lowest BCUT2D eigenvalue weighted by molar-refractivity contribution is -0.128. The van der Waals surface area contributed by atoms with Crippen LogP contribution in [0, 0.1) is 0 Å². The highest BCUT2D eigenvalue weighted by atomic mass is 16.2. The monoisotopic (exact) mass is 312 g/mol. The normalized spacial score (nSPS) is 18.1. The Balaban J connectivity index is 1.60. The molecule has 1 aliphatic rings. The Hall–Kier alpha value is -2.63. The first-order valence-corrected chi connectivity index (χ1v) is 7.88. The first-order chi connectivity index (χ1) is 11.2. The highest BCUT2D eigenvalue weighted by Gasteiger charge is 2.22. The number of para-hydroxylation sites is 1. The number of benzene rings is 1. The lowest BCUT2D eigenvalue weighted by Gasteiger charge is -2.14. The van der Waals surface area contributed by atoms with Crippen molar-refractivity contribution in [1.29, 1.82) is 0 Å². The van der Waals surface area contributed by atoms with Gasteiger partial charge in [-0.15, -0.1) is 0 Å². The molecule has 1 aromatic heterocycles. The van der Waals surface area contributed by atoms with Gasteiger partial charge in [-0.05, 0) is 37.0 Å². The van der Waals surface area contributed by atoms with Gasteiger partial charge in [-0.2, -0.15) is 5.10 Å². The van der Waals surface area contributed by atoms with Crippen LogP contribution in [-0.4, -0.2) is 34.2 Å². The molecule has 120 valence electrons. The van der Waals surface area contributed by atoms with Crippen molar-refractivity contribution in [3.63, 3.8) is 0 Å². The SMILES string of the molecule is O=C(Cc1cnn(-c2ccccc2)c1)NC1CCCCNC1=O. The van der Waals surface area contributed by atoms with Gasteiger partial charge in [0.2, 0.25) is 11.8 Å². The quantitative estimate of drug-likeness (QED) is 0.890. The molecule has 0 aliphatic carbocycles. The van der Waals surface area contributed by atoms with Crippen LogP contribution in [0.15, 0.2) is 42.7 Å². The van der Waals surface area contributed by atoms with Gasteiger partial charge in [0.25, 0.3) is 0 Å². The van der Waals surface area contributed by atoms with Gasteiger partial charge in [-0.1, -0.05) is 18.2 Å². The second-order valence-electron chi connectivity index (χ2n) is 5.71. The van der Waals surface area contributed by atoms with E-state index in [-0.39, 0.29) is 18.2 Å². The Morgan fingerprint density at radius 1 is 1.30 bits per heavy atom. The molecule has 2 amide bonds. The van der Waals surface area contributed by atoms with Gasteiger partial charge in [0.1, 0.15) is 6.04 Å². The molecule has 2 aromatic rings. The predicted octanol–water partition coefficient (Wildman–Crippen LogP) is 1.20. The third kappa shape index (κ3) is 3.97. The van der Waals surface area contributed by atoms with Gasteiger partial charge >= 0.3 is 0 Å². The van der Waals surface area contributed by atoms with Crippen LogP contribution in [0.1, 0.15) is 24.8 Å². The van der Waals surface area contributed by atoms with Crippen LogP contribution in [0.25, 0.3) is 5.69 Å². The molecule has 1 unspecified atom stereocenters. The lowest BCUT2D eigenvalue weighted by Crippen LogP contribution is -2.45. The molecular weight excluding hydrogens is 292 g/mol. The molecular formula is C17H20N4O2. The van der Waals surface area contributed by atoms with Crippen LogP contribution in [0.5, 0.6) is 0 Å². The number of hydrogen-bond donors (Lipinski definition) is 2. The minimum Gasteiger partial charge on any atom is -0.354 e. The summed E-state index contributed by atoms with van der Waals surface area (Å²) < 4.78 is 1.74. The summed E-state index contributed by atoms with van der Waals surface area (Å²) in [6.45, 7) is 0.690. The molecule has 1 saturated heterocycles. The first-order valence-electron chi connectivity index (χ1n) is 7.88. The van der Waals surface area contributed by atoms with Crippen LogP contribution in [0.2, 0.25) is 0 Å². The fraction of sp³-hybridized carbons (Fsp3) is 0.353. The van der Waals surface area contributed by atoms with E-state index in [4.69, 9.17) is 0 Å². The Labute approximate surface area is 134 Å². The Bertz CT molecular complexity index is 681. The molecule has 2 heterocycles. The minimum absolute atomic E-state index is 0.0872. The summed E-state index contributed by atoms with van der Waals surface area (Å²) in [5, 5.41) is 9.91. The fourth-order valence-electron chi connectivity index (χ4n) is 2.68. The molecule has 1 fully saturated rings. The molecule has 1 aromatic carbocycles. The predicted molar refractivity (Wildman–Crippen MR) is 86.1 cm³/mol. The van der Waals surface area contributed by atoms with Crippen LogP contribution >= 0.6 is 0 Å². The lowest BCUT2D eigenvalue weighted by atomic mass is 10.1. The number of nitrogens with one attached hydrogen (secondary N) is 2. The van der Waals surface area contributed by atoms with Gasteiger partial charge < -0.3 is 10.6 Å². The van der Waals surface area contributed by atoms with Crippen LogP contribution in [0.3, 0.4) is 0 Å². The summed E-state index contributed by atoms with van der Waals surface area (Å²) >= 11 is 0. The van der Waals surface area contributed by atoms with Crippen molar-refractivity contribution in [2.75, 3.05) is 6.54 Å². The number of amides is 2. The summed E-state index contributed by atoms with van der Waals surface area (Å²) in [4.78, 5) is 24.0. The van der Waals surface area contributed by atoms with Crippen molar-refractivity contribution in [3.8, 4) is 5.69 Å². The zero-order valence-corrected chi connectivity index (χ0v) is 12.9. The Kier molecular flexibility index (Phi) is 4.71. The van der Waals surface area contributed by atoms with Crippen molar-refractivity contribution in [3.05, 3.63) is 48.3 Å².